The van der Waals surface area contributed by atoms with Crippen molar-refractivity contribution in [2.75, 3.05) is 7.11 Å². The third-order valence-electron chi connectivity index (χ3n) is 3.19. The van der Waals surface area contributed by atoms with Crippen molar-refractivity contribution in [1.29, 1.82) is 0 Å². The zero-order valence-electron chi connectivity index (χ0n) is 12.0. The van der Waals surface area contributed by atoms with Crippen LogP contribution in [0.1, 0.15) is 11.4 Å². The van der Waals surface area contributed by atoms with Gasteiger partial charge in [-0.3, -0.25) is 9.97 Å². The van der Waals surface area contributed by atoms with E-state index in [0.717, 1.165) is 34.0 Å². The summed E-state index contributed by atoms with van der Waals surface area (Å²) in [5, 5.41) is 0. The molecule has 5 nitrogen and oxygen atoms in total. The number of methoxy groups -OCH3 is 1. The van der Waals surface area contributed by atoms with Gasteiger partial charge in [-0.15, -0.1) is 0 Å². The molecule has 0 spiro atoms. The van der Waals surface area contributed by atoms with Crippen molar-refractivity contribution in [3.63, 3.8) is 0 Å². The molecule has 0 bridgehead atoms. The van der Waals surface area contributed by atoms with E-state index >= 15 is 0 Å². The van der Waals surface area contributed by atoms with Crippen LogP contribution in [0.5, 0.6) is 0 Å². The Kier molecular flexibility index (Phi) is 3.75. The number of aromatic nitrogens is 4. The first-order valence-electron chi connectivity index (χ1n) is 6.69. The fourth-order valence-corrected chi connectivity index (χ4v) is 2.14. The Balaban J connectivity index is 2.06. The summed E-state index contributed by atoms with van der Waals surface area (Å²) in [5.41, 5.74) is 4.69. The maximum atomic E-state index is 5.25. The van der Waals surface area contributed by atoms with Gasteiger partial charge in [0.1, 0.15) is 5.82 Å². The van der Waals surface area contributed by atoms with E-state index in [1.807, 2.05) is 37.4 Å². The summed E-state index contributed by atoms with van der Waals surface area (Å²) in [4.78, 5) is 16.5. The van der Waals surface area contributed by atoms with E-state index in [2.05, 4.69) is 19.9 Å². The average Bonchev–Trinajstić information content (AvgIpc) is 2.93. The summed E-state index contributed by atoms with van der Waals surface area (Å²) in [6.45, 7) is 2.43. The van der Waals surface area contributed by atoms with E-state index in [1.54, 1.807) is 19.5 Å². The van der Waals surface area contributed by atoms with Crippen molar-refractivity contribution in [3.05, 3.63) is 54.2 Å². The Morgan fingerprint density at radius 1 is 1.14 bits per heavy atom. The Morgan fingerprint density at radius 3 is 2.71 bits per heavy atom. The van der Waals surface area contributed by atoms with E-state index in [0.29, 0.717) is 6.61 Å². The molecule has 0 aromatic carbocycles. The van der Waals surface area contributed by atoms with Crippen LogP contribution in [-0.4, -0.2) is 27.0 Å². The van der Waals surface area contributed by atoms with Gasteiger partial charge in [0, 0.05) is 42.5 Å². The van der Waals surface area contributed by atoms with Crippen LogP contribution in [-0.2, 0) is 11.3 Å². The molecule has 0 saturated heterocycles. The lowest BCUT2D eigenvalue weighted by molar-refractivity contribution is 0.182. The number of H-pyrrole nitrogens is 1. The molecule has 0 atom stereocenters. The van der Waals surface area contributed by atoms with E-state index in [1.165, 1.54) is 0 Å². The molecule has 0 aliphatic heterocycles. The molecule has 1 N–H and O–H groups in total. The number of nitrogens with one attached hydrogen (secondary N) is 1. The molecule has 0 fully saturated rings. The van der Waals surface area contributed by atoms with E-state index < -0.39 is 0 Å². The van der Waals surface area contributed by atoms with Gasteiger partial charge in [0.05, 0.1) is 18.0 Å². The number of ether oxygens (including phenoxy) is 1. The van der Waals surface area contributed by atoms with Gasteiger partial charge in [0.2, 0.25) is 0 Å². The van der Waals surface area contributed by atoms with Crippen LogP contribution in [0.2, 0.25) is 0 Å². The minimum atomic E-state index is 0.469. The number of rotatable bonds is 4. The summed E-state index contributed by atoms with van der Waals surface area (Å²) in [5.74, 6) is 0.786. The Hall–Kier alpha value is -2.53. The third kappa shape index (κ3) is 2.83. The van der Waals surface area contributed by atoms with Crippen molar-refractivity contribution in [3.8, 4) is 22.6 Å². The quantitative estimate of drug-likeness (QED) is 0.798. The summed E-state index contributed by atoms with van der Waals surface area (Å²) < 4.78 is 5.25. The number of hydrogen-bond donors (Lipinski definition) is 1. The highest BCUT2D eigenvalue weighted by molar-refractivity contribution is 5.66. The third-order valence-corrected chi connectivity index (χ3v) is 3.19. The molecular formula is C16H16N4O. The molecule has 3 heterocycles. The molecule has 0 radical (unpaired) electrons. The minimum Gasteiger partial charge on any atom is -0.378 e. The van der Waals surface area contributed by atoms with E-state index in [9.17, 15) is 0 Å². The van der Waals surface area contributed by atoms with Gasteiger partial charge in [-0.05, 0) is 31.2 Å². The van der Waals surface area contributed by atoms with Gasteiger partial charge in [-0.25, -0.2) is 4.98 Å². The molecule has 21 heavy (non-hydrogen) atoms. The second-order valence-electron chi connectivity index (χ2n) is 4.78. The fourth-order valence-electron chi connectivity index (χ4n) is 2.14. The Labute approximate surface area is 123 Å². The number of aromatic amines is 1. The van der Waals surface area contributed by atoms with Gasteiger partial charge in [0.15, 0.2) is 0 Å². The molecule has 0 aliphatic carbocycles. The molecule has 106 valence electrons. The largest absolute Gasteiger partial charge is 0.378 e. The van der Waals surface area contributed by atoms with Crippen LogP contribution in [0, 0.1) is 6.92 Å². The first-order valence-corrected chi connectivity index (χ1v) is 6.69. The second-order valence-corrected chi connectivity index (χ2v) is 4.78. The lowest BCUT2D eigenvalue weighted by Gasteiger charge is -2.00. The first kappa shape index (κ1) is 13.5. The zero-order valence-corrected chi connectivity index (χ0v) is 12.0. The molecule has 3 rings (SSSR count). The molecular weight excluding hydrogens is 264 g/mol. The van der Waals surface area contributed by atoms with Crippen LogP contribution in [0.3, 0.4) is 0 Å². The highest BCUT2D eigenvalue weighted by atomic mass is 16.5. The Morgan fingerprint density at radius 2 is 2.05 bits per heavy atom. The second kappa shape index (κ2) is 5.85. The average molecular weight is 280 g/mol. The number of hydrogen-bond acceptors (Lipinski definition) is 4. The van der Waals surface area contributed by atoms with Gasteiger partial charge in [-0.1, -0.05) is 0 Å². The van der Waals surface area contributed by atoms with Crippen LogP contribution >= 0.6 is 0 Å². The van der Waals surface area contributed by atoms with E-state index in [4.69, 9.17) is 4.74 Å². The highest BCUT2D eigenvalue weighted by Gasteiger charge is 2.13. The maximum absolute atomic E-state index is 5.25. The predicted molar refractivity (Wildman–Crippen MR) is 80.5 cm³/mol. The summed E-state index contributed by atoms with van der Waals surface area (Å²) >= 11 is 0. The zero-order chi connectivity index (χ0) is 14.7. The van der Waals surface area contributed by atoms with Crippen molar-refractivity contribution in [1.82, 2.24) is 19.9 Å². The summed E-state index contributed by atoms with van der Waals surface area (Å²) in [6, 6.07) is 7.86. The maximum Gasteiger partial charge on any atom is 0.139 e. The van der Waals surface area contributed by atoms with Crippen molar-refractivity contribution < 1.29 is 4.74 Å². The number of imidazole rings is 1. The molecule has 3 aromatic heterocycles. The van der Waals surface area contributed by atoms with Gasteiger partial charge in [0.25, 0.3) is 0 Å². The lowest BCUT2D eigenvalue weighted by Crippen LogP contribution is -1.91. The summed E-state index contributed by atoms with van der Waals surface area (Å²) in [6.07, 6.45) is 5.36. The fraction of sp³-hybridized carbons (Fsp3) is 0.188. The van der Waals surface area contributed by atoms with E-state index in [-0.39, 0.29) is 0 Å². The minimum absolute atomic E-state index is 0.469. The topological polar surface area (TPSA) is 63.7 Å². The lowest BCUT2D eigenvalue weighted by atomic mass is 10.2. The standard InChI is InChI=1S/C16H16N4O/c1-11-5-6-13(9-18-11)16-19-14(10-21-2)15(20-16)12-4-3-7-17-8-12/h3-9H,10H2,1-2H3,(H,19,20). The molecule has 0 saturated carbocycles. The normalized spacial score (nSPS) is 10.8. The molecule has 0 unspecified atom stereocenters. The van der Waals surface area contributed by atoms with Gasteiger partial charge >= 0.3 is 0 Å². The van der Waals surface area contributed by atoms with Crippen LogP contribution < -0.4 is 0 Å². The van der Waals surface area contributed by atoms with Gasteiger partial charge in [-0.2, -0.15) is 0 Å². The molecule has 0 aliphatic rings. The predicted octanol–water partition coefficient (Wildman–Crippen LogP) is 2.99. The van der Waals surface area contributed by atoms with Crippen LogP contribution in [0.15, 0.2) is 42.9 Å². The SMILES string of the molecule is COCc1[nH]c(-c2ccc(C)nc2)nc1-c1cccnc1. The molecule has 5 heteroatoms. The molecule has 0 amide bonds. The van der Waals surface area contributed by atoms with Gasteiger partial charge < -0.3 is 9.72 Å². The molecule has 3 aromatic rings. The van der Waals surface area contributed by atoms with Crippen LogP contribution in [0.4, 0.5) is 0 Å². The first-order chi connectivity index (χ1) is 10.3. The number of aryl methyl sites for hydroxylation is 1. The number of nitrogens with zero attached hydrogens (tertiary/aromatic N) is 3. The van der Waals surface area contributed by atoms with Crippen molar-refractivity contribution in [2.24, 2.45) is 0 Å². The smallest absolute Gasteiger partial charge is 0.139 e. The number of pyridine rings is 2. The van der Waals surface area contributed by atoms with Crippen molar-refractivity contribution >= 4 is 0 Å². The highest BCUT2D eigenvalue weighted by Crippen LogP contribution is 2.25. The summed E-state index contributed by atoms with van der Waals surface area (Å²) in [7, 11) is 1.67. The monoisotopic (exact) mass is 280 g/mol. The van der Waals surface area contributed by atoms with Crippen LogP contribution in [0.25, 0.3) is 22.6 Å². The Bertz CT molecular complexity index is 720. The van der Waals surface area contributed by atoms with Crippen molar-refractivity contribution in [2.45, 2.75) is 13.5 Å².